The smallest absolute Gasteiger partial charge is 0.257 e. The number of fused-ring (bicyclic) bond motifs is 1. The van der Waals surface area contributed by atoms with Gasteiger partial charge in [-0.3, -0.25) is 4.79 Å². The van der Waals surface area contributed by atoms with E-state index >= 15 is 0 Å². The first kappa shape index (κ1) is 13.5. The molecule has 0 aliphatic carbocycles. The van der Waals surface area contributed by atoms with Crippen molar-refractivity contribution >= 4 is 17.3 Å². The van der Waals surface area contributed by atoms with Crippen LogP contribution in [0.4, 0.5) is 11.4 Å². The van der Waals surface area contributed by atoms with Gasteiger partial charge in [0.05, 0.1) is 5.56 Å². The van der Waals surface area contributed by atoms with Crippen LogP contribution in [0.5, 0.6) is 0 Å². The van der Waals surface area contributed by atoms with E-state index in [0.29, 0.717) is 0 Å². The Morgan fingerprint density at radius 1 is 1.05 bits per heavy atom. The van der Waals surface area contributed by atoms with Crippen LogP contribution in [0.2, 0.25) is 0 Å². The molecule has 1 aliphatic rings. The highest BCUT2D eigenvalue weighted by atomic mass is 16.2. The van der Waals surface area contributed by atoms with Crippen molar-refractivity contribution in [3.8, 4) is 0 Å². The zero-order valence-electron chi connectivity index (χ0n) is 12.5. The number of para-hydroxylation sites is 1. The van der Waals surface area contributed by atoms with Gasteiger partial charge in [-0.1, -0.05) is 24.3 Å². The lowest BCUT2D eigenvalue weighted by Crippen LogP contribution is -2.40. The number of carbonyl (C=O) groups excluding carboxylic acids is 1. The fourth-order valence-electron chi connectivity index (χ4n) is 2.61. The van der Waals surface area contributed by atoms with Gasteiger partial charge in [0.2, 0.25) is 0 Å². The molecule has 1 amide bonds. The Morgan fingerprint density at radius 2 is 1.71 bits per heavy atom. The Kier molecular flexibility index (Phi) is 3.29. The molecule has 0 radical (unpaired) electrons. The maximum atomic E-state index is 12.5. The molecule has 0 saturated carbocycles. The van der Waals surface area contributed by atoms with Crippen LogP contribution >= 0.6 is 0 Å². The molecule has 1 heterocycles. The molecule has 1 aliphatic heterocycles. The first-order chi connectivity index (χ1) is 10.1. The molecule has 2 aromatic rings. The van der Waals surface area contributed by atoms with Gasteiger partial charge in [0.15, 0.2) is 0 Å². The zero-order chi connectivity index (χ0) is 15.0. The molecule has 1 unspecified atom stereocenters. The fourth-order valence-corrected chi connectivity index (χ4v) is 2.61. The standard InChI is InChI=1S/C17H19N3O/c1-19(2)13-10-8-12(9-11-13)16-18-15-7-5-4-6-14(15)17(21)20(16)3/h4-11,16,18H,1-3H3. The maximum Gasteiger partial charge on any atom is 0.257 e. The molecule has 4 heteroatoms. The van der Waals surface area contributed by atoms with Crippen molar-refractivity contribution in [3.05, 3.63) is 59.7 Å². The average molecular weight is 281 g/mol. The van der Waals surface area contributed by atoms with E-state index in [1.54, 1.807) is 4.90 Å². The molecule has 108 valence electrons. The van der Waals surface area contributed by atoms with Crippen LogP contribution in [-0.4, -0.2) is 32.0 Å². The first-order valence-electron chi connectivity index (χ1n) is 6.98. The van der Waals surface area contributed by atoms with E-state index in [4.69, 9.17) is 0 Å². The third kappa shape index (κ3) is 2.33. The minimum Gasteiger partial charge on any atom is -0.378 e. The fraction of sp³-hybridized carbons (Fsp3) is 0.235. The lowest BCUT2D eigenvalue weighted by molar-refractivity contribution is 0.0735. The predicted octanol–water partition coefficient (Wildman–Crippen LogP) is 2.95. The number of hydrogen-bond acceptors (Lipinski definition) is 3. The zero-order valence-corrected chi connectivity index (χ0v) is 12.5. The second kappa shape index (κ2) is 5.13. The number of carbonyl (C=O) groups is 1. The Morgan fingerprint density at radius 3 is 2.38 bits per heavy atom. The van der Waals surface area contributed by atoms with Gasteiger partial charge >= 0.3 is 0 Å². The van der Waals surface area contributed by atoms with Crippen LogP contribution in [0.25, 0.3) is 0 Å². The third-order valence-electron chi connectivity index (χ3n) is 3.88. The normalized spacial score (nSPS) is 17.2. The summed E-state index contributed by atoms with van der Waals surface area (Å²) in [6, 6.07) is 15.9. The van der Waals surface area contributed by atoms with Gasteiger partial charge in [-0.25, -0.2) is 0 Å². The molecule has 0 bridgehead atoms. The molecular formula is C17H19N3O. The summed E-state index contributed by atoms with van der Waals surface area (Å²) in [5, 5.41) is 3.43. The highest BCUT2D eigenvalue weighted by molar-refractivity contribution is 6.01. The van der Waals surface area contributed by atoms with Crippen molar-refractivity contribution < 1.29 is 4.79 Å². The summed E-state index contributed by atoms with van der Waals surface area (Å²) in [6.07, 6.45) is -0.136. The Hall–Kier alpha value is -2.49. The van der Waals surface area contributed by atoms with Crippen LogP contribution in [0.1, 0.15) is 22.1 Å². The molecule has 1 atom stereocenters. The molecule has 0 fully saturated rings. The van der Waals surface area contributed by atoms with E-state index < -0.39 is 0 Å². The van der Waals surface area contributed by atoms with Gasteiger partial charge in [0, 0.05) is 32.5 Å². The predicted molar refractivity (Wildman–Crippen MR) is 85.7 cm³/mol. The highest BCUT2D eigenvalue weighted by Crippen LogP contribution is 2.32. The van der Waals surface area contributed by atoms with E-state index in [0.717, 1.165) is 22.5 Å². The molecule has 21 heavy (non-hydrogen) atoms. The lowest BCUT2D eigenvalue weighted by Gasteiger charge is -2.35. The summed E-state index contributed by atoms with van der Waals surface area (Å²) < 4.78 is 0. The number of rotatable bonds is 2. The van der Waals surface area contributed by atoms with Gasteiger partial charge < -0.3 is 15.1 Å². The van der Waals surface area contributed by atoms with E-state index in [1.807, 2.05) is 45.4 Å². The van der Waals surface area contributed by atoms with Crippen LogP contribution in [0, 0.1) is 0 Å². The monoisotopic (exact) mass is 281 g/mol. The van der Waals surface area contributed by atoms with Crippen LogP contribution < -0.4 is 10.2 Å². The van der Waals surface area contributed by atoms with Crippen molar-refractivity contribution in [2.24, 2.45) is 0 Å². The van der Waals surface area contributed by atoms with Gasteiger partial charge in [0.25, 0.3) is 5.91 Å². The van der Waals surface area contributed by atoms with Crippen LogP contribution in [0.3, 0.4) is 0 Å². The summed E-state index contributed by atoms with van der Waals surface area (Å²) in [6.45, 7) is 0. The number of hydrogen-bond donors (Lipinski definition) is 1. The molecule has 0 spiro atoms. The largest absolute Gasteiger partial charge is 0.378 e. The topological polar surface area (TPSA) is 35.6 Å². The van der Waals surface area contributed by atoms with Crippen molar-refractivity contribution in [3.63, 3.8) is 0 Å². The van der Waals surface area contributed by atoms with Gasteiger partial charge in [-0.15, -0.1) is 0 Å². The SMILES string of the molecule is CN(C)c1ccc(C2Nc3ccccc3C(=O)N2C)cc1. The summed E-state index contributed by atoms with van der Waals surface area (Å²) in [7, 11) is 5.86. The molecular weight excluding hydrogens is 262 g/mol. The molecule has 1 N–H and O–H groups in total. The van der Waals surface area contributed by atoms with Crippen molar-refractivity contribution in [2.75, 3.05) is 31.4 Å². The number of nitrogens with zero attached hydrogens (tertiary/aromatic N) is 2. The van der Waals surface area contributed by atoms with Gasteiger partial charge in [-0.05, 0) is 29.8 Å². The lowest BCUT2D eigenvalue weighted by atomic mass is 10.0. The highest BCUT2D eigenvalue weighted by Gasteiger charge is 2.29. The van der Waals surface area contributed by atoms with Crippen molar-refractivity contribution in [1.29, 1.82) is 0 Å². The molecule has 2 aromatic carbocycles. The maximum absolute atomic E-state index is 12.5. The quantitative estimate of drug-likeness (QED) is 0.919. The minimum absolute atomic E-state index is 0.0473. The number of nitrogens with one attached hydrogen (secondary N) is 1. The van der Waals surface area contributed by atoms with E-state index in [9.17, 15) is 4.79 Å². The summed E-state index contributed by atoms with van der Waals surface area (Å²) in [5.74, 6) is 0.0473. The summed E-state index contributed by atoms with van der Waals surface area (Å²) in [4.78, 5) is 16.3. The minimum atomic E-state index is -0.136. The molecule has 4 nitrogen and oxygen atoms in total. The average Bonchev–Trinajstić information content (AvgIpc) is 2.51. The third-order valence-corrected chi connectivity index (χ3v) is 3.88. The summed E-state index contributed by atoms with van der Waals surface area (Å²) >= 11 is 0. The van der Waals surface area contributed by atoms with E-state index in [1.165, 1.54) is 0 Å². The Labute approximate surface area is 125 Å². The van der Waals surface area contributed by atoms with E-state index in [2.05, 4.69) is 34.5 Å². The number of anilines is 2. The van der Waals surface area contributed by atoms with Crippen molar-refractivity contribution in [1.82, 2.24) is 4.90 Å². The van der Waals surface area contributed by atoms with Crippen molar-refractivity contribution in [2.45, 2.75) is 6.17 Å². The summed E-state index contributed by atoms with van der Waals surface area (Å²) in [5.41, 5.74) is 3.83. The van der Waals surface area contributed by atoms with Crippen LogP contribution in [0.15, 0.2) is 48.5 Å². The van der Waals surface area contributed by atoms with Gasteiger partial charge in [0.1, 0.15) is 6.17 Å². The molecule has 0 saturated heterocycles. The Bertz CT molecular complexity index is 664. The first-order valence-corrected chi connectivity index (χ1v) is 6.98. The molecule has 3 rings (SSSR count). The second-order valence-electron chi connectivity index (χ2n) is 5.49. The second-order valence-corrected chi connectivity index (χ2v) is 5.49. The van der Waals surface area contributed by atoms with E-state index in [-0.39, 0.29) is 12.1 Å². The molecule has 0 aromatic heterocycles. The van der Waals surface area contributed by atoms with Gasteiger partial charge in [-0.2, -0.15) is 0 Å². The number of benzene rings is 2. The van der Waals surface area contributed by atoms with Crippen LogP contribution in [-0.2, 0) is 0 Å². The number of amides is 1. The Balaban J connectivity index is 1.95.